The Morgan fingerprint density at radius 1 is 1.00 bits per heavy atom. The molecule has 36 heavy (non-hydrogen) atoms. The van der Waals surface area contributed by atoms with E-state index in [4.69, 9.17) is 4.74 Å². The second-order valence-electron chi connectivity index (χ2n) is 13.5. The topological polar surface area (TPSA) is 122 Å². The fourth-order valence-corrected chi connectivity index (χ4v) is 5.47. The third kappa shape index (κ3) is 6.09. The molecule has 9 nitrogen and oxygen atoms in total. The number of fused-ring (bicyclic) bond motifs is 1. The highest BCUT2D eigenvalue weighted by Gasteiger charge is 2.70. The molecule has 0 radical (unpaired) electrons. The molecule has 0 spiro atoms. The molecule has 2 N–H and O–H groups in total. The Labute approximate surface area is 214 Å². The van der Waals surface area contributed by atoms with Crippen molar-refractivity contribution in [3.8, 4) is 0 Å². The first-order valence-corrected chi connectivity index (χ1v) is 13.0. The third-order valence-corrected chi connectivity index (χ3v) is 7.78. The van der Waals surface area contributed by atoms with Crippen molar-refractivity contribution in [1.82, 2.24) is 15.5 Å². The van der Waals surface area contributed by atoms with Gasteiger partial charge in [0.25, 0.3) is 0 Å². The second-order valence-corrected chi connectivity index (χ2v) is 13.5. The average molecular weight is 506 g/mol. The van der Waals surface area contributed by atoms with Crippen molar-refractivity contribution in [1.29, 1.82) is 0 Å². The van der Waals surface area contributed by atoms with Crippen LogP contribution in [0.3, 0.4) is 0 Å². The van der Waals surface area contributed by atoms with Gasteiger partial charge in [0, 0.05) is 13.5 Å². The minimum atomic E-state index is -0.913. The molecule has 9 heteroatoms. The van der Waals surface area contributed by atoms with Crippen molar-refractivity contribution in [2.45, 2.75) is 105 Å². The molecule has 202 valence electrons. The normalized spacial score (nSPS) is 26.4. The predicted molar refractivity (Wildman–Crippen MR) is 134 cm³/mol. The summed E-state index contributed by atoms with van der Waals surface area (Å²) in [5.74, 6) is -1.54. The monoisotopic (exact) mass is 505 g/mol. The summed E-state index contributed by atoms with van der Waals surface area (Å²) in [6.07, 6.45) is 1.70. The molecule has 1 saturated heterocycles. The van der Waals surface area contributed by atoms with Gasteiger partial charge in [-0.05, 0) is 55.8 Å². The molecule has 3 aliphatic rings. The van der Waals surface area contributed by atoms with Gasteiger partial charge in [0.15, 0.2) is 5.78 Å². The molecular weight excluding hydrogens is 462 g/mol. The zero-order valence-electron chi connectivity index (χ0n) is 23.2. The zero-order chi connectivity index (χ0) is 27.4. The van der Waals surface area contributed by atoms with Crippen LogP contribution in [0, 0.1) is 28.6 Å². The van der Waals surface area contributed by atoms with E-state index < -0.39 is 52.7 Å². The number of alkyl carbamates (subject to hydrolysis) is 1. The molecule has 1 heterocycles. The van der Waals surface area contributed by atoms with E-state index in [1.165, 1.54) is 6.92 Å². The highest BCUT2D eigenvalue weighted by Crippen LogP contribution is 2.65. The summed E-state index contributed by atoms with van der Waals surface area (Å²) >= 11 is 0. The van der Waals surface area contributed by atoms with Crippen molar-refractivity contribution in [2.75, 3.05) is 6.54 Å². The van der Waals surface area contributed by atoms with Crippen LogP contribution in [0.15, 0.2) is 0 Å². The number of nitrogens with zero attached hydrogens (tertiary/aromatic N) is 1. The number of ketones is 2. The number of piperidine rings is 1. The average Bonchev–Trinajstić information content (AvgIpc) is 3.55. The Balaban J connectivity index is 1.83. The number of carbonyl (C=O) groups excluding carboxylic acids is 5. The maximum Gasteiger partial charge on any atom is 0.408 e. The minimum absolute atomic E-state index is 0.0578. The lowest BCUT2D eigenvalue weighted by Crippen LogP contribution is -2.60. The summed E-state index contributed by atoms with van der Waals surface area (Å²) in [5, 5.41) is 5.55. The van der Waals surface area contributed by atoms with E-state index >= 15 is 0 Å². The molecule has 0 aromatic carbocycles. The number of hydrogen-bond donors (Lipinski definition) is 2. The fraction of sp³-hybridized carbons (Fsp3) is 0.815. The number of hydrogen-bond acceptors (Lipinski definition) is 6. The van der Waals surface area contributed by atoms with Crippen LogP contribution in [0.4, 0.5) is 4.79 Å². The number of nitrogens with one attached hydrogen (secondary N) is 2. The first-order chi connectivity index (χ1) is 16.3. The summed E-state index contributed by atoms with van der Waals surface area (Å²) in [6, 6.07) is -2.56. The summed E-state index contributed by atoms with van der Waals surface area (Å²) < 4.78 is 5.39. The van der Waals surface area contributed by atoms with Gasteiger partial charge >= 0.3 is 6.09 Å². The maximum absolute atomic E-state index is 13.9. The molecule has 2 aliphatic carbocycles. The standard InChI is InChI=1S/C27H43N3O6/c1-14(31)20(32)17(12-15-10-11-15)28-22(33)19-18-16(27(18,8)9)13-30(19)23(34)21(25(2,3)4)29-24(35)36-26(5,6)7/h15-19,21H,10-13H2,1-9H3,(H,28,33)(H,29,35)/t16?,17?,18?,19?,21-/m1/s1. The highest BCUT2D eigenvalue weighted by molar-refractivity contribution is 6.38. The summed E-state index contributed by atoms with van der Waals surface area (Å²) in [6.45, 7) is 16.5. The molecule has 3 amide bonds. The summed E-state index contributed by atoms with van der Waals surface area (Å²) in [5.41, 5.74) is -1.49. The van der Waals surface area contributed by atoms with Gasteiger partial charge in [0.1, 0.15) is 17.7 Å². The Morgan fingerprint density at radius 3 is 2.06 bits per heavy atom. The second kappa shape index (κ2) is 9.45. The van der Waals surface area contributed by atoms with Crippen molar-refractivity contribution in [3.05, 3.63) is 0 Å². The van der Waals surface area contributed by atoms with E-state index in [1.54, 1.807) is 25.7 Å². The van der Waals surface area contributed by atoms with Gasteiger partial charge in [-0.3, -0.25) is 19.2 Å². The van der Waals surface area contributed by atoms with Gasteiger partial charge in [-0.15, -0.1) is 0 Å². The van der Waals surface area contributed by atoms with Crippen LogP contribution < -0.4 is 10.6 Å². The van der Waals surface area contributed by atoms with Gasteiger partial charge < -0.3 is 20.3 Å². The molecule has 4 unspecified atom stereocenters. The zero-order valence-corrected chi connectivity index (χ0v) is 23.2. The van der Waals surface area contributed by atoms with Crippen molar-refractivity contribution in [2.24, 2.45) is 28.6 Å². The molecule has 3 fully saturated rings. The van der Waals surface area contributed by atoms with Crippen LogP contribution in [0.2, 0.25) is 0 Å². The molecule has 2 saturated carbocycles. The van der Waals surface area contributed by atoms with E-state index in [1.807, 2.05) is 20.8 Å². The lowest BCUT2D eigenvalue weighted by Gasteiger charge is -2.38. The Morgan fingerprint density at radius 2 is 1.58 bits per heavy atom. The van der Waals surface area contributed by atoms with E-state index in [0.717, 1.165) is 12.8 Å². The van der Waals surface area contributed by atoms with E-state index in [-0.39, 0.29) is 23.2 Å². The van der Waals surface area contributed by atoms with Gasteiger partial charge in [-0.25, -0.2) is 4.79 Å². The lowest BCUT2D eigenvalue weighted by atomic mass is 9.85. The maximum atomic E-state index is 13.9. The highest BCUT2D eigenvalue weighted by atomic mass is 16.6. The van der Waals surface area contributed by atoms with Crippen LogP contribution in [0.5, 0.6) is 0 Å². The summed E-state index contributed by atoms with van der Waals surface area (Å²) in [4.78, 5) is 66.0. The smallest absolute Gasteiger partial charge is 0.408 e. The minimum Gasteiger partial charge on any atom is -0.444 e. The van der Waals surface area contributed by atoms with Gasteiger partial charge in [0.05, 0.1) is 6.04 Å². The Bertz CT molecular complexity index is 940. The fourth-order valence-electron chi connectivity index (χ4n) is 5.47. The van der Waals surface area contributed by atoms with Crippen LogP contribution in [0.25, 0.3) is 0 Å². The molecule has 0 aromatic heterocycles. The van der Waals surface area contributed by atoms with Crippen LogP contribution in [-0.4, -0.2) is 64.6 Å². The van der Waals surface area contributed by atoms with Crippen molar-refractivity contribution >= 4 is 29.5 Å². The first-order valence-electron chi connectivity index (χ1n) is 13.0. The van der Waals surface area contributed by atoms with Gasteiger partial charge in [-0.2, -0.15) is 0 Å². The number of Topliss-reactive ketones (excluding diaryl/α,β-unsaturated/α-hetero) is 2. The van der Waals surface area contributed by atoms with E-state index in [9.17, 15) is 24.0 Å². The molecule has 1 aliphatic heterocycles. The molecule has 3 rings (SSSR count). The largest absolute Gasteiger partial charge is 0.444 e. The van der Waals surface area contributed by atoms with Gasteiger partial charge in [0.2, 0.25) is 17.6 Å². The summed E-state index contributed by atoms with van der Waals surface area (Å²) in [7, 11) is 0. The third-order valence-electron chi connectivity index (χ3n) is 7.78. The molecule has 5 atom stereocenters. The quantitative estimate of drug-likeness (QED) is 0.489. The number of likely N-dealkylation sites (tertiary alicyclic amines) is 1. The van der Waals surface area contributed by atoms with Crippen LogP contribution in [0.1, 0.15) is 81.6 Å². The Kier molecular flexibility index (Phi) is 7.38. The van der Waals surface area contributed by atoms with Gasteiger partial charge in [-0.1, -0.05) is 47.5 Å². The first kappa shape index (κ1) is 28.1. The Hall–Kier alpha value is -2.45. The number of carbonyl (C=O) groups is 5. The molecular formula is C27H43N3O6. The van der Waals surface area contributed by atoms with Crippen molar-refractivity contribution < 1.29 is 28.7 Å². The number of rotatable bonds is 8. The number of ether oxygens (including phenoxy) is 1. The number of amides is 3. The molecule has 0 bridgehead atoms. The van der Waals surface area contributed by atoms with Crippen LogP contribution >= 0.6 is 0 Å². The van der Waals surface area contributed by atoms with E-state index in [2.05, 4.69) is 24.5 Å². The van der Waals surface area contributed by atoms with Crippen LogP contribution in [-0.2, 0) is 23.9 Å². The van der Waals surface area contributed by atoms with Crippen molar-refractivity contribution in [3.63, 3.8) is 0 Å². The SMILES string of the molecule is CC(=O)C(=O)C(CC1CC1)NC(=O)C1C2C(CN1C(=O)[C@@H](NC(=O)OC(C)(C)C)C(C)(C)C)C2(C)C. The molecule has 0 aromatic rings. The predicted octanol–water partition coefficient (Wildman–Crippen LogP) is 2.85. The lowest BCUT2D eigenvalue weighted by molar-refractivity contribution is -0.145. The van der Waals surface area contributed by atoms with E-state index in [0.29, 0.717) is 18.9 Å².